The quantitative estimate of drug-likeness (QED) is 0.446. The van der Waals surface area contributed by atoms with Gasteiger partial charge in [-0.05, 0) is 5.56 Å². The first-order chi connectivity index (χ1) is 6.76. The van der Waals surface area contributed by atoms with E-state index < -0.39 is 17.0 Å². The number of hydrogen-bond donors (Lipinski definition) is 0. The van der Waals surface area contributed by atoms with E-state index in [-0.39, 0.29) is 0 Å². The molecule has 76 valence electrons. The molecule has 0 saturated heterocycles. The predicted molar refractivity (Wildman–Crippen MR) is 60.2 cm³/mol. The molecule has 0 aliphatic carbocycles. The summed E-state index contributed by atoms with van der Waals surface area (Å²) in [6.07, 6.45) is 2.58. The standard InChI is InChI=1S/C10H11N.2ClH.Ti/c1-2-6-10(11)9-7-4-3-5-8-9;;;/h2-5,7-8H,6H2,1H3;2*1H;/q-2;;;+2/p-2. The van der Waals surface area contributed by atoms with Crippen molar-refractivity contribution >= 4 is 24.3 Å². The van der Waals surface area contributed by atoms with Crippen LogP contribution in [-0.2, 0) is 17.0 Å². The summed E-state index contributed by atoms with van der Waals surface area (Å²) in [7, 11) is 9.78. The van der Waals surface area contributed by atoms with Gasteiger partial charge < -0.3 is 11.8 Å². The number of hydrogen-bond acceptors (Lipinski definition) is 0. The van der Waals surface area contributed by atoms with Gasteiger partial charge in [0.05, 0.1) is 0 Å². The van der Waals surface area contributed by atoms with E-state index >= 15 is 0 Å². The number of nitrogens with zero attached hydrogens (tertiary/aromatic N) is 1. The monoisotopic (exact) mass is 263 g/mol. The van der Waals surface area contributed by atoms with Crippen molar-refractivity contribution in [3.8, 4) is 0 Å². The van der Waals surface area contributed by atoms with E-state index in [0.29, 0.717) is 12.1 Å². The van der Waals surface area contributed by atoms with Gasteiger partial charge in [0.25, 0.3) is 0 Å². The molecule has 0 aromatic heterocycles. The Morgan fingerprint density at radius 3 is 2.29 bits per heavy atom. The molecule has 0 amide bonds. The summed E-state index contributed by atoms with van der Waals surface area (Å²) in [5.74, 6) is 0. The molecule has 1 aromatic carbocycles. The van der Waals surface area contributed by atoms with Gasteiger partial charge in [0, 0.05) is 0 Å². The summed E-state index contributed by atoms with van der Waals surface area (Å²) in [5, 5.41) is 9.41. The molecule has 1 aromatic rings. The number of benzene rings is 1. The van der Waals surface area contributed by atoms with Gasteiger partial charge in [0.1, 0.15) is 0 Å². The van der Waals surface area contributed by atoms with Crippen molar-refractivity contribution in [2.45, 2.75) is 13.3 Å². The van der Waals surface area contributed by atoms with Gasteiger partial charge in [-0.15, -0.1) is 0 Å². The van der Waals surface area contributed by atoms with Crippen LogP contribution in [0.25, 0.3) is 5.41 Å². The van der Waals surface area contributed by atoms with Gasteiger partial charge in [0.2, 0.25) is 0 Å². The van der Waals surface area contributed by atoms with Crippen LogP contribution in [0.1, 0.15) is 18.9 Å². The zero-order valence-electron chi connectivity index (χ0n) is 7.87. The van der Waals surface area contributed by atoms with Gasteiger partial charge in [-0.3, -0.25) is 0 Å². The van der Waals surface area contributed by atoms with Crippen LogP contribution in [0.2, 0.25) is 0 Å². The SMILES string of the molecule is C[CH-]CC(=[N-])c1ccccc1.[Cl][Ti][Cl]. The van der Waals surface area contributed by atoms with Crippen molar-refractivity contribution in [1.29, 1.82) is 0 Å². The zero-order chi connectivity index (χ0) is 10.8. The maximum atomic E-state index is 9.41. The molecule has 0 unspecified atom stereocenters. The van der Waals surface area contributed by atoms with E-state index in [2.05, 4.69) is 0 Å². The van der Waals surface area contributed by atoms with Gasteiger partial charge >= 0.3 is 35.6 Å². The molecule has 1 rings (SSSR count). The Morgan fingerprint density at radius 2 is 1.86 bits per heavy atom. The minimum absolute atomic E-state index is 0.438. The second-order valence-electron chi connectivity index (χ2n) is 2.50. The summed E-state index contributed by atoms with van der Waals surface area (Å²) >= 11 is -0.556. The van der Waals surface area contributed by atoms with E-state index in [1.807, 2.05) is 43.7 Å². The first kappa shape index (κ1) is 14.2. The molecule has 0 radical (unpaired) electrons. The van der Waals surface area contributed by atoms with Crippen molar-refractivity contribution in [2.24, 2.45) is 0 Å². The Morgan fingerprint density at radius 1 is 1.36 bits per heavy atom. The molecule has 1 nitrogen and oxygen atoms in total. The number of halogens is 2. The van der Waals surface area contributed by atoms with Crippen LogP contribution < -0.4 is 0 Å². The molecule has 0 aliphatic rings. The van der Waals surface area contributed by atoms with E-state index in [0.717, 1.165) is 5.56 Å². The van der Waals surface area contributed by atoms with E-state index in [4.69, 9.17) is 18.6 Å². The summed E-state index contributed by atoms with van der Waals surface area (Å²) < 4.78 is 0. The molecular weight excluding hydrogens is 253 g/mol. The van der Waals surface area contributed by atoms with Crippen LogP contribution in [0, 0.1) is 6.42 Å². The average Bonchev–Trinajstić information content (AvgIpc) is 2.21. The van der Waals surface area contributed by atoms with Crippen molar-refractivity contribution in [2.75, 3.05) is 0 Å². The van der Waals surface area contributed by atoms with Gasteiger partial charge in [-0.1, -0.05) is 30.3 Å². The molecule has 0 spiro atoms. The van der Waals surface area contributed by atoms with Crippen LogP contribution in [0.3, 0.4) is 0 Å². The Balaban J connectivity index is 0.000000500. The maximum absolute atomic E-state index is 9.41. The van der Waals surface area contributed by atoms with E-state index in [9.17, 15) is 5.41 Å². The van der Waals surface area contributed by atoms with Crippen LogP contribution in [0.15, 0.2) is 30.3 Å². The molecule has 0 saturated carbocycles. The first-order valence-corrected chi connectivity index (χ1v) is 8.40. The van der Waals surface area contributed by atoms with E-state index in [1.165, 1.54) is 0 Å². The first-order valence-electron chi connectivity index (χ1n) is 4.10. The molecule has 14 heavy (non-hydrogen) atoms. The Hall–Kier alpha value is 0.184. The molecule has 4 heteroatoms. The van der Waals surface area contributed by atoms with Gasteiger partial charge in [-0.2, -0.15) is 13.3 Å². The summed E-state index contributed by atoms with van der Waals surface area (Å²) in [5.41, 5.74) is 1.35. The van der Waals surface area contributed by atoms with Crippen LogP contribution >= 0.6 is 18.6 Å². The van der Waals surface area contributed by atoms with Crippen LogP contribution in [0.4, 0.5) is 0 Å². The Bertz CT molecular complexity index is 252. The fourth-order valence-corrected chi connectivity index (χ4v) is 0.942. The zero-order valence-corrected chi connectivity index (χ0v) is 10.9. The van der Waals surface area contributed by atoms with Crippen molar-refractivity contribution in [1.82, 2.24) is 0 Å². The Labute approximate surface area is 102 Å². The summed E-state index contributed by atoms with van der Waals surface area (Å²) in [6.45, 7) is 1.93. The topological polar surface area (TPSA) is 22.3 Å². The molecule has 0 bridgehead atoms. The van der Waals surface area contributed by atoms with Crippen molar-refractivity contribution in [3.63, 3.8) is 0 Å². The molecule has 0 N–H and O–H groups in total. The normalized spacial score (nSPS) is 8.50. The average molecular weight is 264 g/mol. The molecule has 0 atom stereocenters. The Kier molecular flexibility index (Phi) is 9.86. The molecule has 0 aliphatic heterocycles. The van der Waals surface area contributed by atoms with Crippen LogP contribution in [0.5, 0.6) is 0 Å². The van der Waals surface area contributed by atoms with Crippen molar-refractivity contribution < 1.29 is 17.0 Å². The number of rotatable bonds is 3. The van der Waals surface area contributed by atoms with E-state index in [1.54, 1.807) is 0 Å². The van der Waals surface area contributed by atoms with Gasteiger partial charge in [0.15, 0.2) is 0 Å². The third-order valence-electron chi connectivity index (χ3n) is 1.50. The molecular formula is C10H11Cl2NTi-2. The van der Waals surface area contributed by atoms with Gasteiger partial charge in [-0.25, -0.2) is 5.71 Å². The minimum atomic E-state index is -0.556. The fourth-order valence-electron chi connectivity index (χ4n) is 0.942. The van der Waals surface area contributed by atoms with Crippen molar-refractivity contribution in [3.05, 3.63) is 47.7 Å². The third-order valence-corrected chi connectivity index (χ3v) is 1.50. The van der Waals surface area contributed by atoms with Crippen LogP contribution in [-0.4, -0.2) is 5.71 Å². The third kappa shape index (κ3) is 6.61. The predicted octanol–water partition coefficient (Wildman–Crippen LogP) is 4.04. The summed E-state index contributed by atoms with van der Waals surface area (Å²) in [6, 6.07) is 9.58. The molecule has 0 heterocycles. The molecule has 0 fully saturated rings. The fraction of sp³-hybridized carbons (Fsp3) is 0.200. The second kappa shape index (κ2) is 9.73. The summed E-state index contributed by atoms with van der Waals surface area (Å²) in [4.78, 5) is 0. The second-order valence-corrected chi connectivity index (χ2v) is 5.08.